The lowest BCUT2D eigenvalue weighted by molar-refractivity contribution is -0.128. The van der Waals surface area contributed by atoms with Crippen LogP contribution < -0.4 is 10.6 Å². The highest BCUT2D eigenvalue weighted by atomic mass is 35.5. The van der Waals surface area contributed by atoms with Crippen molar-refractivity contribution in [3.63, 3.8) is 0 Å². The van der Waals surface area contributed by atoms with E-state index in [4.69, 9.17) is 0 Å². The largest absolute Gasteiger partial charge is 0.355 e. The number of nitrogens with one attached hydrogen (secondary N) is 2. The first-order chi connectivity index (χ1) is 12.0. The predicted molar refractivity (Wildman–Crippen MR) is 107 cm³/mol. The van der Waals surface area contributed by atoms with Crippen LogP contribution in [0.2, 0.25) is 0 Å². The van der Waals surface area contributed by atoms with Gasteiger partial charge in [0.05, 0.1) is 11.2 Å². The molecule has 0 unspecified atom stereocenters. The molecule has 1 fully saturated rings. The minimum atomic E-state index is -3.21. The molecule has 0 aliphatic carbocycles. The van der Waals surface area contributed by atoms with Gasteiger partial charge in [-0.05, 0) is 45.3 Å². The van der Waals surface area contributed by atoms with Crippen molar-refractivity contribution in [2.45, 2.75) is 31.6 Å². The molecule has 0 spiro atoms. The summed E-state index contributed by atoms with van der Waals surface area (Å²) in [5.74, 6) is 0.102. The van der Waals surface area contributed by atoms with Crippen LogP contribution in [0.5, 0.6) is 0 Å². The lowest BCUT2D eigenvalue weighted by Gasteiger charge is -2.40. The van der Waals surface area contributed by atoms with Gasteiger partial charge in [0, 0.05) is 19.6 Å². The van der Waals surface area contributed by atoms with Gasteiger partial charge in [0.15, 0.2) is 0 Å². The van der Waals surface area contributed by atoms with E-state index in [1.165, 1.54) is 4.31 Å². The summed E-state index contributed by atoms with van der Waals surface area (Å²) in [7, 11) is -1.32. The Labute approximate surface area is 163 Å². The lowest BCUT2D eigenvalue weighted by Crippen LogP contribution is -2.53. The maximum absolute atomic E-state index is 13.0. The molecule has 6 nitrogen and oxygen atoms in total. The number of rotatable bonds is 8. The van der Waals surface area contributed by atoms with Gasteiger partial charge >= 0.3 is 0 Å². The Kier molecular flexibility index (Phi) is 9.03. The first kappa shape index (κ1) is 22.9. The maximum atomic E-state index is 13.0. The number of carbonyl (C=O) groups excluding carboxylic acids is 1. The van der Waals surface area contributed by atoms with Crippen molar-refractivity contribution in [2.75, 3.05) is 39.0 Å². The summed E-state index contributed by atoms with van der Waals surface area (Å²) in [5, 5.41) is 6.11. The monoisotopic (exact) mass is 403 g/mol. The molecular formula is C18H30ClN3O3S. The van der Waals surface area contributed by atoms with Gasteiger partial charge in [-0.25, -0.2) is 12.7 Å². The van der Waals surface area contributed by atoms with Crippen LogP contribution >= 0.6 is 12.4 Å². The van der Waals surface area contributed by atoms with Crippen LogP contribution in [0.1, 0.15) is 31.7 Å². The Morgan fingerprint density at radius 3 is 2.31 bits per heavy atom. The molecule has 0 saturated carbocycles. The number of carbonyl (C=O) groups is 1. The van der Waals surface area contributed by atoms with Crippen LogP contribution in [0.4, 0.5) is 0 Å². The Morgan fingerprint density at radius 2 is 1.77 bits per heavy atom. The number of benzene rings is 1. The Bertz CT molecular complexity index is 660. The van der Waals surface area contributed by atoms with Crippen molar-refractivity contribution in [3.05, 3.63) is 35.9 Å². The van der Waals surface area contributed by atoms with Crippen molar-refractivity contribution < 1.29 is 13.2 Å². The van der Waals surface area contributed by atoms with Gasteiger partial charge in [0.25, 0.3) is 0 Å². The van der Waals surface area contributed by atoms with Gasteiger partial charge in [-0.15, -0.1) is 12.4 Å². The first-order valence-corrected chi connectivity index (χ1v) is 10.5. The summed E-state index contributed by atoms with van der Waals surface area (Å²) >= 11 is 0. The second-order valence-corrected chi connectivity index (χ2v) is 8.72. The van der Waals surface area contributed by atoms with E-state index in [1.54, 1.807) is 6.92 Å². The molecule has 8 heteroatoms. The number of hydrogen-bond donors (Lipinski definition) is 2. The number of nitrogens with zero attached hydrogens (tertiary/aromatic N) is 1. The Hall–Kier alpha value is -1.15. The molecule has 2 rings (SSSR count). The summed E-state index contributed by atoms with van der Waals surface area (Å²) in [6.07, 6.45) is 1.88. The summed E-state index contributed by atoms with van der Waals surface area (Å²) in [4.78, 5) is 13.0. The van der Waals surface area contributed by atoms with E-state index in [9.17, 15) is 13.2 Å². The third-order valence-electron chi connectivity index (χ3n) is 4.98. The van der Waals surface area contributed by atoms with Gasteiger partial charge in [-0.2, -0.15) is 0 Å². The average molecular weight is 404 g/mol. The average Bonchev–Trinajstić information content (AvgIpc) is 2.65. The summed E-state index contributed by atoms with van der Waals surface area (Å²) in [6.45, 7) is 3.89. The number of halogens is 1. The number of sulfonamides is 1. The topological polar surface area (TPSA) is 78.5 Å². The molecule has 1 amide bonds. The molecule has 1 saturated heterocycles. The third kappa shape index (κ3) is 5.19. The molecule has 0 aromatic heterocycles. The summed E-state index contributed by atoms with van der Waals surface area (Å²) in [5.41, 5.74) is 0.315. The normalized spacial score (nSPS) is 17.3. The highest BCUT2D eigenvalue weighted by molar-refractivity contribution is 7.89. The van der Waals surface area contributed by atoms with Crippen LogP contribution in [0.25, 0.3) is 0 Å². The molecule has 1 heterocycles. The van der Waals surface area contributed by atoms with Crippen molar-refractivity contribution >= 4 is 28.3 Å². The van der Waals surface area contributed by atoms with Gasteiger partial charge in [0.2, 0.25) is 15.9 Å². The molecule has 148 valence electrons. The van der Waals surface area contributed by atoms with Crippen LogP contribution in [0.15, 0.2) is 30.3 Å². The van der Waals surface area contributed by atoms with Gasteiger partial charge in [-0.1, -0.05) is 30.3 Å². The standard InChI is InChI=1S/C18H29N3O3S.ClH/c1-3-25(23,24)21-14-10-18(11-15-21,16-8-5-4-6-9-16)17(22)20-13-7-12-19-2;/h4-6,8-9,19H,3,7,10-15H2,1-2H3,(H,20,22);1H. The van der Waals surface area contributed by atoms with Crippen LogP contribution in [0, 0.1) is 0 Å². The van der Waals surface area contributed by atoms with Crippen LogP contribution in [-0.2, 0) is 20.2 Å². The van der Waals surface area contributed by atoms with Crippen molar-refractivity contribution in [1.82, 2.24) is 14.9 Å². The Balaban J connectivity index is 0.00000338. The van der Waals surface area contributed by atoms with E-state index >= 15 is 0 Å². The zero-order valence-electron chi connectivity index (χ0n) is 15.5. The molecule has 1 aliphatic rings. The molecule has 26 heavy (non-hydrogen) atoms. The highest BCUT2D eigenvalue weighted by Gasteiger charge is 2.44. The molecule has 0 bridgehead atoms. The SMILES string of the molecule is CCS(=O)(=O)N1CCC(C(=O)NCCCNC)(c2ccccc2)CC1.Cl. The first-order valence-electron chi connectivity index (χ1n) is 8.92. The molecule has 1 aromatic carbocycles. The van der Waals surface area contributed by atoms with Crippen LogP contribution in [0.3, 0.4) is 0 Å². The molecule has 2 N–H and O–H groups in total. The van der Waals surface area contributed by atoms with E-state index in [1.807, 2.05) is 37.4 Å². The van der Waals surface area contributed by atoms with E-state index in [2.05, 4.69) is 10.6 Å². The van der Waals surface area contributed by atoms with E-state index in [0.29, 0.717) is 32.5 Å². The number of hydrogen-bond acceptors (Lipinski definition) is 4. The zero-order valence-corrected chi connectivity index (χ0v) is 17.2. The van der Waals surface area contributed by atoms with Crippen molar-refractivity contribution in [2.24, 2.45) is 0 Å². The smallest absolute Gasteiger partial charge is 0.230 e. The van der Waals surface area contributed by atoms with E-state index < -0.39 is 15.4 Å². The number of amides is 1. The molecule has 1 aliphatic heterocycles. The summed E-state index contributed by atoms with van der Waals surface area (Å²) < 4.78 is 25.8. The predicted octanol–water partition coefficient (Wildman–Crippen LogP) is 1.52. The van der Waals surface area contributed by atoms with Crippen molar-refractivity contribution in [1.29, 1.82) is 0 Å². The maximum Gasteiger partial charge on any atom is 0.230 e. The molecular weight excluding hydrogens is 374 g/mol. The lowest BCUT2D eigenvalue weighted by atomic mass is 9.72. The number of piperidine rings is 1. The molecule has 0 radical (unpaired) electrons. The highest BCUT2D eigenvalue weighted by Crippen LogP contribution is 2.36. The minimum Gasteiger partial charge on any atom is -0.355 e. The second kappa shape index (κ2) is 10.3. The fourth-order valence-electron chi connectivity index (χ4n) is 3.37. The fraction of sp³-hybridized carbons (Fsp3) is 0.611. The zero-order chi connectivity index (χ0) is 18.3. The van der Waals surface area contributed by atoms with Crippen molar-refractivity contribution in [3.8, 4) is 0 Å². The second-order valence-electron chi connectivity index (χ2n) is 6.46. The molecule has 0 atom stereocenters. The van der Waals surface area contributed by atoms with Crippen LogP contribution in [-0.4, -0.2) is 57.6 Å². The Morgan fingerprint density at radius 1 is 1.15 bits per heavy atom. The third-order valence-corrected chi connectivity index (χ3v) is 6.87. The van der Waals surface area contributed by atoms with E-state index in [0.717, 1.165) is 18.5 Å². The fourth-order valence-corrected chi connectivity index (χ4v) is 4.47. The van der Waals surface area contributed by atoms with Gasteiger partial charge in [0.1, 0.15) is 0 Å². The van der Waals surface area contributed by atoms with E-state index in [-0.39, 0.29) is 24.1 Å². The van der Waals surface area contributed by atoms with Gasteiger partial charge < -0.3 is 10.6 Å². The quantitative estimate of drug-likeness (QED) is 0.645. The molecule has 1 aromatic rings. The van der Waals surface area contributed by atoms with Gasteiger partial charge in [-0.3, -0.25) is 4.79 Å². The minimum absolute atomic E-state index is 0. The summed E-state index contributed by atoms with van der Waals surface area (Å²) in [6, 6.07) is 9.73.